The Labute approximate surface area is 204 Å². The lowest BCUT2D eigenvalue weighted by Crippen LogP contribution is -2.50. The van der Waals surface area contributed by atoms with Crippen molar-refractivity contribution >= 4 is 10.0 Å². The van der Waals surface area contributed by atoms with E-state index in [4.69, 9.17) is 14.2 Å². The highest BCUT2D eigenvalue weighted by Crippen LogP contribution is 2.34. The number of benzene rings is 1. The quantitative estimate of drug-likeness (QED) is 0.579. The van der Waals surface area contributed by atoms with Gasteiger partial charge in [-0.3, -0.25) is 0 Å². The van der Waals surface area contributed by atoms with E-state index in [0.717, 1.165) is 32.6 Å². The van der Waals surface area contributed by atoms with Crippen LogP contribution in [-0.4, -0.2) is 95.1 Å². The van der Waals surface area contributed by atoms with Gasteiger partial charge >= 0.3 is 0 Å². The largest absolute Gasteiger partial charge is 0.487 e. The van der Waals surface area contributed by atoms with Crippen molar-refractivity contribution in [1.29, 1.82) is 0 Å². The lowest BCUT2D eigenvalue weighted by molar-refractivity contribution is 0.0402. The maximum Gasteiger partial charge on any atom is 0.247 e. The second-order valence-electron chi connectivity index (χ2n) is 9.41. The lowest BCUT2D eigenvalue weighted by atomic mass is 9.98. The van der Waals surface area contributed by atoms with E-state index in [1.165, 1.54) is 4.31 Å². The smallest absolute Gasteiger partial charge is 0.247 e. The molecule has 0 amide bonds. The van der Waals surface area contributed by atoms with E-state index >= 15 is 0 Å². The van der Waals surface area contributed by atoms with E-state index < -0.39 is 16.1 Å². The fraction of sp³-hybridized carbons (Fsp3) is 0.680. The molecule has 0 aromatic heterocycles. The molecule has 1 N–H and O–H groups in total. The molecule has 1 aromatic rings. The van der Waals surface area contributed by atoms with E-state index in [0.29, 0.717) is 23.8 Å². The Balaban J connectivity index is 1.92. The first-order valence-corrected chi connectivity index (χ1v) is 13.4. The highest BCUT2D eigenvalue weighted by molar-refractivity contribution is 7.89. The van der Waals surface area contributed by atoms with Crippen LogP contribution in [0.25, 0.3) is 0 Å². The molecule has 1 fully saturated rings. The molecule has 34 heavy (non-hydrogen) atoms. The fourth-order valence-electron chi connectivity index (χ4n) is 4.48. The predicted molar refractivity (Wildman–Crippen MR) is 130 cm³/mol. The number of rotatable bonds is 7. The normalized spacial score (nSPS) is 24.3. The topological polar surface area (TPSA) is 88.5 Å². The van der Waals surface area contributed by atoms with Crippen molar-refractivity contribution in [2.75, 3.05) is 60.2 Å². The van der Waals surface area contributed by atoms with Crippen molar-refractivity contribution in [3.63, 3.8) is 0 Å². The monoisotopic (exact) mass is 494 g/mol. The molecule has 8 nitrogen and oxygen atoms in total. The first-order valence-electron chi connectivity index (χ1n) is 11.9. The third kappa shape index (κ3) is 6.72. The van der Waals surface area contributed by atoms with Crippen LogP contribution in [0.15, 0.2) is 23.1 Å². The Morgan fingerprint density at radius 1 is 1.29 bits per heavy atom. The highest BCUT2D eigenvalue weighted by Gasteiger charge is 2.38. The van der Waals surface area contributed by atoms with Crippen molar-refractivity contribution in [3.05, 3.63) is 23.8 Å². The summed E-state index contributed by atoms with van der Waals surface area (Å²) in [4.78, 5) is 2.38. The molecule has 2 heterocycles. The third-order valence-electron chi connectivity index (χ3n) is 6.52. The summed E-state index contributed by atoms with van der Waals surface area (Å²) >= 11 is 0. The standard InChI is InChI=1S/C25H38N2O6S/c1-19-15-27(20(2)18-28)34(29,30)25-8-7-21(6-5-11-31-4)14-23(25)33-24(19)17-26(3)16-22-9-12-32-13-10-22/h7-8,14,19-20,22,24,28H,9-13,15-18H2,1-4H3/t19-,20+,24-/m1/s1. The molecular weight excluding hydrogens is 456 g/mol. The summed E-state index contributed by atoms with van der Waals surface area (Å²) in [6.07, 6.45) is 1.88. The second-order valence-corrected chi connectivity index (χ2v) is 11.3. The van der Waals surface area contributed by atoms with Gasteiger partial charge in [-0.25, -0.2) is 8.42 Å². The van der Waals surface area contributed by atoms with Crippen molar-refractivity contribution in [1.82, 2.24) is 9.21 Å². The van der Waals surface area contributed by atoms with Gasteiger partial charge in [0.25, 0.3) is 0 Å². The maximum absolute atomic E-state index is 13.5. The van der Waals surface area contributed by atoms with Crippen molar-refractivity contribution in [2.45, 2.75) is 43.7 Å². The van der Waals surface area contributed by atoms with E-state index in [1.54, 1.807) is 32.2 Å². The van der Waals surface area contributed by atoms with Crippen molar-refractivity contribution in [3.8, 4) is 17.6 Å². The van der Waals surface area contributed by atoms with Crippen LogP contribution < -0.4 is 4.74 Å². The third-order valence-corrected chi connectivity index (χ3v) is 8.54. The van der Waals surface area contributed by atoms with Gasteiger partial charge in [0.1, 0.15) is 23.4 Å². The minimum absolute atomic E-state index is 0.0858. The fourth-order valence-corrected chi connectivity index (χ4v) is 6.31. The average Bonchev–Trinajstić information content (AvgIpc) is 2.81. The molecule has 2 aliphatic heterocycles. The Kier molecular flexibility index (Phi) is 9.77. The predicted octanol–water partition coefficient (Wildman–Crippen LogP) is 1.81. The number of ether oxygens (including phenoxy) is 3. The number of fused-ring (bicyclic) bond motifs is 1. The molecule has 1 saturated heterocycles. The zero-order valence-corrected chi connectivity index (χ0v) is 21.5. The number of aliphatic hydroxyl groups excluding tert-OH is 1. The van der Waals surface area contributed by atoms with Crippen molar-refractivity contribution in [2.24, 2.45) is 11.8 Å². The SMILES string of the molecule is COCC#Cc1ccc2c(c1)O[C@H](CN(C)CC1CCOCC1)[C@H](C)CN([C@@H](C)CO)S2(=O)=O. The van der Waals surface area contributed by atoms with E-state index in [1.807, 2.05) is 6.92 Å². The van der Waals surface area contributed by atoms with Gasteiger partial charge in [-0.15, -0.1) is 0 Å². The first kappa shape index (κ1) is 26.9. The molecule has 9 heteroatoms. The summed E-state index contributed by atoms with van der Waals surface area (Å²) in [5.74, 6) is 6.70. The van der Waals surface area contributed by atoms with Crippen LogP contribution in [0, 0.1) is 23.7 Å². The highest BCUT2D eigenvalue weighted by atomic mass is 32.2. The van der Waals surface area contributed by atoms with Crippen LogP contribution in [-0.2, 0) is 19.5 Å². The molecule has 3 rings (SSSR count). The van der Waals surface area contributed by atoms with Gasteiger partial charge in [-0.05, 0) is 50.9 Å². The number of methoxy groups -OCH3 is 1. The minimum atomic E-state index is -3.86. The Morgan fingerprint density at radius 3 is 2.71 bits per heavy atom. The molecular formula is C25H38N2O6S. The van der Waals surface area contributed by atoms with Gasteiger partial charge in [0.15, 0.2) is 0 Å². The van der Waals surface area contributed by atoms with Gasteiger partial charge < -0.3 is 24.2 Å². The van der Waals surface area contributed by atoms with Gasteiger partial charge in [0, 0.05) is 57.5 Å². The Bertz CT molecular complexity index is 967. The molecule has 0 unspecified atom stereocenters. The zero-order valence-electron chi connectivity index (χ0n) is 20.7. The van der Waals surface area contributed by atoms with Crippen LogP contribution in [0.5, 0.6) is 5.75 Å². The molecule has 0 saturated carbocycles. The van der Waals surface area contributed by atoms with Crippen LogP contribution in [0.1, 0.15) is 32.3 Å². The van der Waals surface area contributed by atoms with Crippen LogP contribution >= 0.6 is 0 Å². The second kappa shape index (κ2) is 12.3. The van der Waals surface area contributed by atoms with Crippen LogP contribution in [0.4, 0.5) is 0 Å². The number of hydrogen-bond acceptors (Lipinski definition) is 7. The summed E-state index contributed by atoms with van der Waals surface area (Å²) in [5, 5.41) is 9.79. The molecule has 0 radical (unpaired) electrons. The summed E-state index contributed by atoms with van der Waals surface area (Å²) in [5.41, 5.74) is 0.662. The molecule has 1 aromatic carbocycles. The van der Waals surface area contributed by atoms with Gasteiger partial charge in [0.2, 0.25) is 10.0 Å². The number of sulfonamides is 1. The first-order chi connectivity index (χ1) is 16.3. The molecule has 0 spiro atoms. The summed E-state index contributed by atoms with van der Waals surface area (Å²) < 4.78 is 45.4. The van der Waals surface area contributed by atoms with E-state index in [9.17, 15) is 13.5 Å². The number of hydrogen-bond donors (Lipinski definition) is 1. The number of nitrogens with zero attached hydrogens (tertiary/aromatic N) is 2. The summed E-state index contributed by atoms with van der Waals surface area (Å²) in [6, 6.07) is 4.39. The maximum atomic E-state index is 13.5. The Morgan fingerprint density at radius 2 is 2.03 bits per heavy atom. The van der Waals surface area contributed by atoms with E-state index in [2.05, 4.69) is 23.8 Å². The van der Waals surface area contributed by atoms with Gasteiger partial charge in [-0.1, -0.05) is 18.8 Å². The minimum Gasteiger partial charge on any atom is -0.487 e. The van der Waals surface area contributed by atoms with Gasteiger partial charge in [0.05, 0.1) is 6.61 Å². The number of likely N-dealkylation sites (N-methyl/N-ethyl adjacent to an activating group) is 1. The molecule has 190 valence electrons. The molecule has 0 aliphatic carbocycles. The zero-order chi connectivity index (χ0) is 24.7. The van der Waals surface area contributed by atoms with E-state index in [-0.39, 0.29) is 36.7 Å². The van der Waals surface area contributed by atoms with Crippen molar-refractivity contribution < 1.29 is 27.7 Å². The lowest BCUT2D eigenvalue weighted by Gasteiger charge is -2.38. The Hall–Kier alpha value is -1.67. The number of aliphatic hydroxyl groups is 1. The van der Waals surface area contributed by atoms with Gasteiger partial charge in [-0.2, -0.15) is 4.31 Å². The summed E-state index contributed by atoms with van der Waals surface area (Å²) in [7, 11) is -0.195. The molecule has 2 aliphatic rings. The van der Waals surface area contributed by atoms with Crippen LogP contribution in [0.2, 0.25) is 0 Å². The van der Waals surface area contributed by atoms with Crippen LogP contribution in [0.3, 0.4) is 0 Å². The molecule has 3 atom stereocenters. The summed E-state index contributed by atoms with van der Waals surface area (Å²) in [6.45, 7) is 7.26. The molecule has 0 bridgehead atoms. The average molecular weight is 495 g/mol.